The van der Waals surface area contributed by atoms with Crippen LogP contribution >= 0.6 is 11.8 Å². The Morgan fingerprint density at radius 1 is 1.61 bits per heavy atom. The number of rotatable bonds is 5. The van der Waals surface area contributed by atoms with E-state index < -0.39 is 5.97 Å². The molecule has 2 atom stereocenters. The van der Waals surface area contributed by atoms with Crippen LogP contribution < -0.4 is 5.32 Å². The molecule has 0 saturated carbocycles. The van der Waals surface area contributed by atoms with Gasteiger partial charge in [0.15, 0.2) is 0 Å². The SMILES string of the molecule is CSc1cccc(CC(C(=O)O)[C@H]2CCNC2)c1. The Bertz CT molecular complexity index is 416. The van der Waals surface area contributed by atoms with E-state index in [-0.39, 0.29) is 11.8 Å². The van der Waals surface area contributed by atoms with Crippen LogP contribution in [0.5, 0.6) is 0 Å². The Morgan fingerprint density at radius 3 is 3.06 bits per heavy atom. The Kier molecular flexibility index (Phi) is 4.66. The maximum absolute atomic E-state index is 11.4. The van der Waals surface area contributed by atoms with Crippen LogP contribution in [-0.4, -0.2) is 30.4 Å². The lowest BCUT2D eigenvalue weighted by molar-refractivity contribution is -0.143. The standard InChI is InChI=1S/C14H19NO2S/c1-18-12-4-2-3-10(7-12)8-13(14(16)17)11-5-6-15-9-11/h2-4,7,11,13,15H,5-6,8-9H2,1H3,(H,16,17)/t11-,13?/m0/s1. The minimum Gasteiger partial charge on any atom is -0.481 e. The number of aliphatic carboxylic acids is 1. The van der Waals surface area contributed by atoms with Crippen molar-refractivity contribution in [1.29, 1.82) is 0 Å². The Hall–Kier alpha value is -1.00. The highest BCUT2D eigenvalue weighted by Gasteiger charge is 2.30. The molecule has 1 aliphatic heterocycles. The van der Waals surface area contributed by atoms with Crippen molar-refractivity contribution < 1.29 is 9.90 Å². The minimum atomic E-state index is -0.668. The van der Waals surface area contributed by atoms with Crippen molar-refractivity contribution in [3.63, 3.8) is 0 Å². The van der Waals surface area contributed by atoms with Crippen LogP contribution in [0.1, 0.15) is 12.0 Å². The van der Waals surface area contributed by atoms with E-state index in [2.05, 4.69) is 17.4 Å². The van der Waals surface area contributed by atoms with Crippen LogP contribution in [0.3, 0.4) is 0 Å². The molecular formula is C14H19NO2S. The summed E-state index contributed by atoms with van der Waals surface area (Å²) >= 11 is 1.69. The second-order valence-corrected chi connectivity index (χ2v) is 5.63. The highest BCUT2D eigenvalue weighted by atomic mass is 32.2. The summed E-state index contributed by atoms with van der Waals surface area (Å²) in [5, 5.41) is 12.6. The van der Waals surface area contributed by atoms with E-state index in [1.54, 1.807) is 11.8 Å². The molecule has 0 aliphatic carbocycles. The van der Waals surface area contributed by atoms with Gasteiger partial charge in [-0.05, 0) is 55.8 Å². The van der Waals surface area contributed by atoms with Gasteiger partial charge in [0.1, 0.15) is 0 Å². The highest BCUT2D eigenvalue weighted by Crippen LogP contribution is 2.25. The fourth-order valence-electron chi connectivity index (χ4n) is 2.53. The summed E-state index contributed by atoms with van der Waals surface area (Å²) < 4.78 is 0. The number of hydrogen-bond acceptors (Lipinski definition) is 3. The van der Waals surface area contributed by atoms with Gasteiger partial charge in [0, 0.05) is 4.90 Å². The number of thioether (sulfide) groups is 1. The zero-order valence-electron chi connectivity index (χ0n) is 10.6. The van der Waals surface area contributed by atoms with Gasteiger partial charge in [-0.25, -0.2) is 0 Å². The number of carboxylic acid groups (broad SMARTS) is 1. The minimum absolute atomic E-state index is 0.264. The normalized spacial score (nSPS) is 20.8. The molecule has 0 aromatic heterocycles. The number of hydrogen-bond donors (Lipinski definition) is 2. The van der Waals surface area contributed by atoms with E-state index in [4.69, 9.17) is 0 Å². The van der Waals surface area contributed by atoms with Crippen molar-refractivity contribution in [2.24, 2.45) is 11.8 Å². The molecule has 98 valence electrons. The lowest BCUT2D eigenvalue weighted by Gasteiger charge is -2.18. The molecule has 2 rings (SSSR count). The second-order valence-electron chi connectivity index (χ2n) is 4.75. The third-order valence-electron chi connectivity index (χ3n) is 3.57. The molecule has 1 aromatic rings. The van der Waals surface area contributed by atoms with Crippen LogP contribution in [-0.2, 0) is 11.2 Å². The van der Waals surface area contributed by atoms with E-state index in [0.29, 0.717) is 6.42 Å². The largest absolute Gasteiger partial charge is 0.481 e. The van der Waals surface area contributed by atoms with Crippen LogP contribution in [0.15, 0.2) is 29.2 Å². The highest BCUT2D eigenvalue weighted by molar-refractivity contribution is 7.98. The van der Waals surface area contributed by atoms with Gasteiger partial charge in [-0.3, -0.25) is 4.79 Å². The number of carboxylic acids is 1. The van der Waals surface area contributed by atoms with Crippen molar-refractivity contribution in [1.82, 2.24) is 5.32 Å². The molecule has 1 unspecified atom stereocenters. The molecule has 1 aliphatic rings. The summed E-state index contributed by atoms with van der Waals surface area (Å²) in [6, 6.07) is 8.19. The number of benzene rings is 1. The smallest absolute Gasteiger partial charge is 0.307 e. The van der Waals surface area contributed by atoms with Gasteiger partial charge in [-0.15, -0.1) is 11.8 Å². The van der Waals surface area contributed by atoms with Crippen molar-refractivity contribution >= 4 is 17.7 Å². The molecule has 0 amide bonds. The van der Waals surface area contributed by atoms with Gasteiger partial charge >= 0.3 is 5.97 Å². The van der Waals surface area contributed by atoms with Crippen LogP contribution in [0, 0.1) is 11.8 Å². The van der Waals surface area contributed by atoms with E-state index in [1.165, 1.54) is 4.90 Å². The van der Waals surface area contributed by atoms with Crippen molar-refractivity contribution in [3.05, 3.63) is 29.8 Å². The van der Waals surface area contributed by atoms with E-state index in [9.17, 15) is 9.90 Å². The van der Waals surface area contributed by atoms with E-state index in [0.717, 1.165) is 25.1 Å². The van der Waals surface area contributed by atoms with Gasteiger partial charge in [0.25, 0.3) is 0 Å². The predicted molar refractivity (Wildman–Crippen MR) is 74.0 cm³/mol. The van der Waals surface area contributed by atoms with Crippen molar-refractivity contribution in [2.75, 3.05) is 19.3 Å². The fraction of sp³-hybridized carbons (Fsp3) is 0.500. The van der Waals surface area contributed by atoms with Crippen molar-refractivity contribution in [3.8, 4) is 0 Å². The fourth-order valence-corrected chi connectivity index (χ4v) is 3.01. The molecule has 1 heterocycles. The average Bonchev–Trinajstić information content (AvgIpc) is 2.89. The summed E-state index contributed by atoms with van der Waals surface area (Å²) in [5.41, 5.74) is 1.13. The molecule has 18 heavy (non-hydrogen) atoms. The molecule has 4 heteroatoms. The number of nitrogens with one attached hydrogen (secondary N) is 1. The molecule has 2 N–H and O–H groups in total. The van der Waals surface area contributed by atoms with Gasteiger partial charge in [-0.1, -0.05) is 12.1 Å². The van der Waals surface area contributed by atoms with Crippen molar-refractivity contribution in [2.45, 2.75) is 17.7 Å². The first-order chi connectivity index (χ1) is 8.70. The maximum Gasteiger partial charge on any atom is 0.307 e. The molecule has 0 spiro atoms. The van der Waals surface area contributed by atoms with Gasteiger partial charge in [0.05, 0.1) is 5.92 Å². The van der Waals surface area contributed by atoms with Crippen LogP contribution in [0.25, 0.3) is 0 Å². The zero-order chi connectivity index (χ0) is 13.0. The summed E-state index contributed by atoms with van der Waals surface area (Å²) in [7, 11) is 0. The van der Waals surface area contributed by atoms with E-state index in [1.807, 2.05) is 18.4 Å². The molecule has 1 saturated heterocycles. The third kappa shape index (κ3) is 3.27. The molecule has 3 nitrogen and oxygen atoms in total. The Morgan fingerprint density at radius 2 is 2.44 bits per heavy atom. The molecule has 0 radical (unpaired) electrons. The molecule has 0 bridgehead atoms. The first kappa shape index (κ1) is 13.4. The molecule has 1 aromatic carbocycles. The van der Waals surface area contributed by atoms with Gasteiger partial charge in [-0.2, -0.15) is 0 Å². The van der Waals surface area contributed by atoms with Crippen LogP contribution in [0.2, 0.25) is 0 Å². The Labute approximate surface area is 112 Å². The zero-order valence-corrected chi connectivity index (χ0v) is 11.4. The summed E-state index contributed by atoms with van der Waals surface area (Å²) in [6.45, 7) is 1.78. The molecular weight excluding hydrogens is 246 g/mol. The third-order valence-corrected chi connectivity index (χ3v) is 4.30. The van der Waals surface area contributed by atoms with Gasteiger partial charge < -0.3 is 10.4 Å². The second kappa shape index (κ2) is 6.25. The summed E-state index contributed by atoms with van der Waals surface area (Å²) in [4.78, 5) is 12.6. The lowest BCUT2D eigenvalue weighted by Crippen LogP contribution is -2.27. The monoisotopic (exact) mass is 265 g/mol. The maximum atomic E-state index is 11.4. The topological polar surface area (TPSA) is 49.3 Å². The Balaban J connectivity index is 2.10. The number of carbonyl (C=O) groups is 1. The van der Waals surface area contributed by atoms with Crippen LogP contribution in [0.4, 0.5) is 0 Å². The summed E-state index contributed by atoms with van der Waals surface area (Å²) in [6.07, 6.45) is 3.64. The predicted octanol–water partition coefficient (Wildman–Crippen LogP) is 2.26. The van der Waals surface area contributed by atoms with Gasteiger partial charge in [0.2, 0.25) is 0 Å². The average molecular weight is 265 g/mol. The first-order valence-corrected chi connectivity index (χ1v) is 7.49. The molecule has 1 fully saturated rings. The quantitative estimate of drug-likeness (QED) is 0.802. The van der Waals surface area contributed by atoms with E-state index >= 15 is 0 Å². The summed E-state index contributed by atoms with van der Waals surface area (Å²) in [5.74, 6) is -0.671. The lowest BCUT2D eigenvalue weighted by atomic mass is 9.86. The first-order valence-electron chi connectivity index (χ1n) is 6.27.